The Bertz CT molecular complexity index is 590. The quantitative estimate of drug-likeness (QED) is 0.488. The number of benzene rings is 1. The van der Waals surface area contributed by atoms with Gasteiger partial charge >= 0.3 is 6.03 Å². The minimum Gasteiger partial charge on any atom is -0.302 e. The van der Waals surface area contributed by atoms with Crippen LogP contribution in [0.15, 0.2) is 18.2 Å². The summed E-state index contributed by atoms with van der Waals surface area (Å²) in [6.45, 7) is 0. The van der Waals surface area contributed by atoms with Crippen molar-refractivity contribution < 1.29 is 19.4 Å². The molecule has 20 heavy (non-hydrogen) atoms. The summed E-state index contributed by atoms with van der Waals surface area (Å²) < 4.78 is 0. The van der Waals surface area contributed by atoms with E-state index in [1.54, 1.807) is 5.32 Å². The van der Waals surface area contributed by atoms with Crippen molar-refractivity contribution in [3.8, 4) is 0 Å². The maximum atomic E-state index is 11.3. The van der Waals surface area contributed by atoms with E-state index >= 15 is 0 Å². The predicted octanol–water partition coefficient (Wildman–Crippen LogP) is 1.39. The van der Waals surface area contributed by atoms with Gasteiger partial charge in [-0.05, 0) is 6.07 Å². The van der Waals surface area contributed by atoms with Crippen LogP contribution in [0.25, 0.3) is 0 Å². The van der Waals surface area contributed by atoms with Crippen LogP contribution in [-0.4, -0.2) is 27.7 Å². The van der Waals surface area contributed by atoms with E-state index in [1.807, 2.05) is 5.32 Å². The molecule has 0 aromatic heterocycles. The highest BCUT2D eigenvalue weighted by atomic mass is 35.5. The molecular weight excluding hydrogens is 296 g/mol. The third kappa shape index (κ3) is 3.88. The lowest BCUT2D eigenvalue weighted by Gasteiger charge is -2.06. The molecule has 106 valence electrons. The molecule has 0 unspecified atom stereocenters. The molecule has 0 bridgehead atoms. The van der Waals surface area contributed by atoms with Crippen LogP contribution >= 0.6 is 11.6 Å². The number of carbonyl (C=O) groups excluding carboxylic acids is 2. The lowest BCUT2D eigenvalue weighted by atomic mass is 10.2. The molecule has 0 heterocycles. The van der Waals surface area contributed by atoms with Gasteiger partial charge in [0.1, 0.15) is 11.6 Å². The average molecular weight is 303 g/mol. The summed E-state index contributed by atoms with van der Waals surface area (Å²) in [5, 5.41) is 25.1. The monoisotopic (exact) mass is 302 g/mol. The number of carbonyl (C=O) groups is 2. The van der Waals surface area contributed by atoms with Gasteiger partial charge in [0, 0.05) is 6.07 Å². The number of hydrogen-bond donors (Lipinski definition) is 2. The molecule has 0 atom stereocenters. The van der Waals surface area contributed by atoms with E-state index in [0.29, 0.717) is 6.07 Å². The molecule has 1 aromatic carbocycles. The number of nitro groups is 2. The van der Waals surface area contributed by atoms with E-state index in [2.05, 4.69) is 0 Å². The van der Waals surface area contributed by atoms with Gasteiger partial charge in [-0.2, -0.15) is 0 Å². The Hall–Kier alpha value is -2.75. The van der Waals surface area contributed by atoms with Crippen LogP contribution in [0.5, 0.6) is 0 Å². The molecule has 0 aliphatic rings. The Morgan fingerprint density at radius 3 is 2.35 bits per heavy atom. The molecule has 1 aromatic rings. The second kappa shape index (κ2) is 6.43. The van der Waals surface area contributed by atoms with Crippen LogP contribution in [0.3, 0.4) is 0 Å². The van der Waals surface area contributed by atoms with Crippen molar-refractivity contribution in [2.24, 2.45) is 0 Å². The molecule has 11 heteroatoms. The number of imide groups is 1. The van der Waals surface area contributed by atoms with Crippen molar-refractivity contribution in [1.29, 1.82) is 0 Å². The van der Waals surface area contributed by atoms with E-state index in [1.165, 1.54) is 0 Å². The molecule has 3 amide bonds. The standard InChI is InChI=1S/C9H7ClN4O6/c10-4-8(15)12-9(16)11-6-2-1-5(13(17)18)3-7(6)14(19)20/h1-3H,4H2,(H2,11,12,15,16). The number of anilines is 1. The van der Waals surface area contributed by atoms with Crippen LogP contribution in [-0.2, 0) is 4.79 Å². The number of rotatable bonds is 4. The summed E-state index contributed by atoms with van der Waals surface area (Å²) >= 11 is 5.16. The van der Waals surface area contributed by atoms with Crippen LogP contribution in [0.4, 0.5) is 21.9 Å². The third-order valence-corrected chi connectivity index (χ3v) is 2.25. The smallest absolute Gasteiger partial charge is 0.302 e. The van der Waals surface area contributed by atoms with Gasteiger partial charge in [0.25, 0.3) is 11.4 Å². The SMILES string of the molecule is O=C(CCl)NC(=O)Nc1ccc([N+](=O)[O-])cc1[N+](=O)[O-]. The first-order valence-electron chi connectivity index (χ1n) is 4.94. The van der Waals surface area contributed by atoms with Gasteiger partial charge in [0.2, 0.25) is 5.91 Å². The van der Waals surface area contributed by atoms with Gasteiger partial charge in [-0.25, -0.2) is 4.79 Å². The minimum atomic E-state index is -1.03. The van der Waals surface area contributed by atoms with Crippen LogP contribution in [0.2, 0.25) is 0 Å². The van der Waals surface area contributed by atoms with Crippen LogP contribution < -0.4 is 10.6 Å². The lowest BCUT2D eigenvalue weighted by molar-refractivity contribution is -0.393. The van der Waals surface area contributed by atoms with E-state index in [9.17, 15) is 29.8 Å². The van der Waals surface area contributed by atoms with E-state index in [-0.39, 0.29) is 5.69 Å². The summed E-state index contributed by atoms with van der Waals surface area (Å²) in [6.07, 6.45) is 0. The molecule has 0 fully saturated rings. The van der Waals surface area contributed by atoms with Gasteiger partial charge < -0.3 is 5.32 Å². The first kappa shape index (κ1) is 15.3. The number of nitrogens with one attached hydrogen (secondary N) is 2. The zero-order valence-corrected chi connectivity index (χ0v) is 10.4. The maximum absolute atomic E-state index is 11.3. The van der Waals surface area contributed by atoms with Crippen molar-refractivity contribution >= 4 is 40.6 Å². The number of halogens is 1. The van der Waals surface area contributed by atoms with E-state index in [0.717, 1.165) is 12.1 Å². The molecule has 0 saturated carbocycles. The van der Waals surface area contributed by atoms with Gasteiger partial charge in [0.15, 0.2) is 0 Å². The molecule has 0 saturated heterocycles. The van der Waals surface area contributed by atoms with Crippen molar-refractivity contribution in [2.45, 2.75) is 0 Å². The fraction of sp³-hybridized carbons (Fsp3) is 0.111. The highest BCUT2D eigenvalue weighted by Gasteiger charge is 2.21. The summed E-state index contributed by atoms with van der Waals surface area (Å²) in [7, 11) is 0. The number of nitro benzene ring substituents is 2. The van der Waals surface area contributed by atoms with Gasteiger partial charge in [-0.15, -0.1) is 11.6 Å². The normalized spacial score (nSPS) is 9.65. The Labute approximate surface area is 116 Å². The first-order valence-corrected chi connectivity index (χ1v) is 5.48. The van der Waals surface area contributed by atoms with Crippen molar-refractivity contribution in [3.05, 3.63) is 38.4 Å². The molecule has 2 N–H and O–H groups in total. The Morgan fingerprint density at radius 2 is 1.85 bits per heavy atom. The summed E-state index contributed by atoms with van der Waals surface area (Å²) in [5.41, 5.74) is -1.47. The van der Waals surface area contributed by atoms with Gasteiger partial charge in [0.05, 0.1) is 15.9 Å². The van der Waals surface area contributed by atoms with Gasteiger partial charge in [-0.1, -0.05) is 0 Å². The first-order chi connectivity index (χ1) is 9.35. The maximum Gasteiger partial charge on any atom is 0.326 e. The zero-order chi connectivity index (χ0) is 15.3. The number of non-ortho nitro benzene ring substituents is 1. The second-order valence-electron chi connectivity index (χ2n) is 3.35. The largest absolute Gasteiger partial charge is 0.326 e. The molecule has 0 spiro atoms. The topological polar surface area (TPSA) is 144 Å². The molecule has 0 aliphatic carbocycles. The average Bonchev–Trinajstić information content (AvgIpc) is 2.38. The van der Waals surface area contributed by atoms with Crippen LogP contribution in [0, 0.1) is 20.2 Å². The van der Waals surface area contributed by atoms with Gasteiger partial charge in [-0.3, -0.25) is 30.3 Å². The van der Waals surface area contributed by atoms with Crippen molar-refractivity contribution in [2.75, 3.05) is 11.2 Å². The summed E-state index contributed by atoms with van der Waals surface area (Å²) in [6, 6.07) is 1.62. The number of nitrogens with zero attached hydrogens (tertiary/aromatic N) is 2. The van der Waals surface area contributed by atoms with E-state index < -0.39 is 39.0 Å². The lowest BCUT2D eigenvalue weighted by Crippen LogP contribution is -2.35. The summed E-state index contributed by atoms with van der Waals surface area (Å²) in [4.78, 5) is 41.8. The Morgan fingerprint density at radius 1 is 1.20 bits per heavy atom. The highest BCUT2D eigenvalue weighted by Crippen LogP contribution is 2.28. The van der Waals surface area contributed by atoms with Crippen molar-refractivity contribution in [1.82, 2.24) is 5.32 Å². The van der Waals surface area contributed by atoms with E-state index in [4.69, 9.17) is 11.6 Å². The predicted molar refractivity (Wildman–Crippen MR) is 67.6 cm³/mol. The number of alkyl halides is 1. The fourth-order valence-electron chi connectivity index (χ4n) is 1.20. The van der Waals surface area contributed by atoms with Crippen molar-refractivity contribution in [3.63, 3.8) is 0 Å². The number of hydrogen-bond acceptors (Lipinski definition) is 6. The second-order valence-corrected chi connectivity index (χ2v) is 3.62. The Kier molecular flexibility index (Phi) is 4.92. The fourth-order valence-corrected chi connectivity index (χ4v) is 1.27. The molecule has 1 rings (SSSR count). The third-order valence-electron chi connectivity index (χ3n) is 2.01. The zero-order valence-electron chi connectivity index (χ0n) is 9.66. The molecule has 10 nitrogen and oxygen atoms in total. The highest BCUT2D eigenvalue weighted by molar-refractivity contribution is 6.28. The minimum absolute atomic E-state index is 0.291. The molecular formula is C9H7ClN4O6. The van der Waals surface area contributed by atoms with Crippen LogP contribution in [0.1, 0.15) is 0 Å². The Balaban J connectivity index is 3.00. The number of urea groups is 1. The molecule has 0 aliphatic heterocycles. The number of amides is 3. The molecule has 0 radical (unpaired) electrons. The summed E-state index contributed by atoms with van der Waals surface area (Å²) in [5.74, 6) is -1.26.